The molecule has 1 rings (SSSR count). The first-order valence-corrected chi connectivity index (χ1v) is 4.67. The van der Waals surface area contributed by atoms with Gasteiger partial charge in [-0.25, -0.2) is 0 Å². The number of carbonyl (C=O) groups excluding carboxylic acids is 1. The van der Waals surface area contributed by atoms with Crippen molar-refractivity contribution in [1.82, 2.24) is 10.3 Å². The van der Waals surface area contributed by atoms with Crippen molar-refractivity contribution in [3.8, 4) is 0 Å². The van der Waals surface area contributed by atoms with Gasteiger partial charge in [0.05, 0.1) is 12.6 Å². The van der Waals surface area contributed by atoms with Crippen LogP contribution < -0.4 is 11.1 Å². The molecule has 0 aliphatic rings. The second-order valence-electron chi connectivity index (χ2n) is 3.10. The second kappa shape index (κ2) is 6.10. The first-order valence-electron chi connectivity index (χ1n) is 4.67. The minimum Gasteiger partial charge on any atom is -0.383 e. The third kappa shape index (κ3) is 3.65. The molecule has 1 amide bonds. The molecule has 0 radical (unpaired) electrons. The fourth-order valence-electron chi connectivity index (χ4n) is 1.14. The van der Waals surface area contributed by atoms with Gasteiger partial charge >= 0.3 is 0 Å². The molecule has 0 fully saturated rings. The van der Waals surface area contributed by atoms with E-state index >= 15 is 0 Å². The zero-order valence-corrected chi connectivity index (χ0v) is 8.64. The summed E-state index contributed by atoms with van der Waals surface area (Å²) in [6, 6.07) is 3.14. The Morgan fingerprint density at radius 3 is 2.80 bits per heavy atom. The summed E-state index contributed by atoms with van der Waals surface area (Å²) in [7, 11) is 1.57. The molecule has 15 heavy (non-hydrogen) atoms. The van der Waals surface area contributed by atoms with Crippen molar-refractivity contribution in [1.29, 1.82) is 0 Å². The number of carbonyl (C=O) groups is 1. The summed E-state index contributed by atoms with van der Waals surface area (Å²) in [6.45, 7) is 0.762. The quantitative estimate of drug-likeness (QED) is 0.703. The molecule has 0 spiro atoms. The molecule has 1 unspecified atom stereocenters. The standard InChI is InChI=1S/C10H15N3O2/c1-15-7-9(6-11)13-10(14)8-2-4-12-5-3-8/h2-5,9H,6-7,11H2,1H3,(H,13,14). The van der Waals surface area contributed by atoms with Crippen molar-refractivity contribution in [2.24, 2.45) is 5.73 Å². The van der Waals surface area contributed by atoms with Crippen LogP contribution in [0.15, 0.2) is 24.5 Å². The van der Waals surface area contributed by atoms with E-state index in [1.54, 1.807) is 31.6 Å². The number of rotatable bonds is 5. The summed E-state index contributed by atoms with van der Waals surface area (Å²) < 4.78 is 4.92. The van der Waals surface area contributed by atoms with Crippen molar-refractivity contribution in [2.75, 3.05) is 20.3 Å². The Bertz CT molecular complexity index is 303. The van der Waals surface area contributed by atoms with Crippen LogP contribution in [0, 0.1) is 0 Å². The van der Waals surface area contributed by atoms with Gasteiger partial charge in [0.1, 0.15) is 0 Å². The van der Waals surface area contributed by atoms with E-state index in [-0.39, 0.29) is 11.9 Å². The van der Waals surface area contributed by atoms with Gasteiger partial charge < -0.3 is 15.8 Å². The highest BCUT2D eigenvalue weighted by molar-refractivity contribution is 5.94. The van der Waals surface area contributed by atoms with Gasteiger partial charge in [-0.05, 0) is 12.1 Å². The van der Waals surface area contributed by atoms with Crippen LogP contribution in [-0.4, -0.2) is 37.2 Å². The lowest BCUT2D eigenvalue weighted by atomic mass is 10.2. The average Bonchev–Trinajstić information content (AvgIpc) is 2.29. The number of nitrogens with zero attached hydrogens (tertiary/aromatic N) is 1. The van der Waals surface area contributed by atoms with Crippen LogP contribution in [-0.2, 0) is 4.74 Å². The number of methoxy groups -OCH3 is 1. The monoisotopic (exact) mass is 209 g/mol. The number of nitrogens with one attached hydrogen (secondary N) is 1. The van der Waals surface area contributed by atoms with E-state index < -0.39 is 0 Å². The first-order chi connectivity index (χ1) is 7.27. The SMILES string of the molecule is COCC(CN)NC(=O)c1ccncc1. The predicted molar refractivity (Wildman–Crippen MR) is 56.4 cm³/mol. The summed E-state index contributed by atoms with van der Waals surface area (Å²) in [5.74, 6) is -0.162. The van der Waals surface area contributed by atoms with E-state index in [0.717, 1.165) is 0 Å². The van der Waals surface area contributed by atoms with Crippen LogP contribution in [0.4, 0.5) is 0 Å². The number of pyridine rings is 1. The third-order valence-electron chi connectivity index (χ3n) is 1.93. The Kier molecular flexibility index (Phi) is 4.73. The van der Waals surface area contributed by atoms with Gasteiger partial charge in [-0.15, -0.1) is 0 Å². The predicted octanol–water partition coefficient (Wildman–Crippen LogP) is -0.215. The number of ether oxygens (including phenoxy) is 1. The van der Waals surface area contributed by atoms with E-state index in [4.69, 9.17) is 10.5 Å². The fraction of sp³-hybridized carbons (Fsp3) is 0.400. The third-order valence-corrected chi connectivity index (χ3v) is 1.93. The van der Waals surface area contributed by atoms with Crippen molar-refractivity contribution in [2.45, 2.75) is 6.04 Å². The summed E-state index contributed by atoms with van der Waals surface area (Å²) in [6.07, 6.45) is 3.14. The van der Waals surface area contributed by atoms with Gasteiger partial charge in [0.2, 0.25) is 0 Å². The van der Waals surface area contributed by atoms with E-state index in [2.05, 4.69) is 10.3 Å². The lowest BCUT2D eigenvalue weighted by Gasteiger charge is -2.15. The molecule has 0 bridgehead atoms. The largest absolute Gasteiger partial charge is 0.383 e. The number of amides is 1. The Morgan fingerprint density at radius 1 is 1.60 bits per heavy atom. The van der Waals surface area contributed by atoms with E-state index in [1.165, 1.54) is 0 Å². The maximum atomic E-state index is 11.6. The highest BCUT2D eigenvalue weighted by atomic mass is 16.5. The lowest BCUT2D eigenvalue weighted by molar-refractivity contribution is 0.0900. The number of hydrogen-bond donors (Lipinski definition) is 2. The molecule has 1 heterocycles. The molecular formula is C10H15N3O2. The molecule has 1 aromatic heterocycles. The normalized spacial score (nSPS) is 12.1. The van der Waals surface area contributed by atoms with Gasteiger partial charge in [-0.2, -0.15) is 0 Å². The first kappa shape index (κ1) is 11.6. The van der Waals surface area contributed by atoms with Crippen LogP contribution in [0.5, 0.6) is 0 Å². The van der Waals surface area contributed by atoms with Gasteiger partial charge in [0.15, 0.2) is 0 Å². The van der Waals surface area contributed by atoms with Gasteiger partial charge in [0, 0.05) is 31.6 Å². The smallest absolute Gasteiger partial charge is 0.251 e. The zero-order chi connectivity index (χ0) is 11.1. The number of hydrogen-bond acceptors (Lipinski definition) is 4. The zero-order valence-electron chi connectivity index (χ0n) is 8.64. The van der Waals surface area contributed by atoms with Crippen molar-refractivity contribution < 1.29 is 9.53 Å². The van der Waals surface area contributed by atoms with Crippen molar-refractivity contribution >= 4 is 5.91 Å². The van der Waals surface area contributed by atoms with E-state index in [0.29, 0.717) is 18.7 Å². The topological polar surface area (TPSA) is 77.2 Å². The molecule has 82 valence electrons. The van der Waals surface area contributed by atoms with Crippen LogP contribution in [0.25, 0.3) is 0 Å². The van der Waals surface area contributed by atoms with Crippen molar-refractivity contribution in [3.05, 3.63) is 30.1 Å². The molecule has 0 saturated heterocycles. The van der Waals surface area contributed by atoms with E-state index in [9.17, 15) is 4.79 Å². The molecule has 5 heteroatoms. The van der Waals surface area contributed by atoms with Gasteiger partial charge in [-0.3, -0.25) is 9.78 Å². The van der Waals surface area contributed by atoms with Crippen LogP contribution in [0.3, 0.4) is 0 Å². The molecule has 3 N–H and O–H groups in total. The fourth-order valence-corrected chi connectivity index (χ4v) is 1.14. The summed E-state index contributed by atoms with van der Waals surface area (Å²) in [4.78, 5) is 15.5. The molecule has 0 aliphatic heterocycles. The highest BCUT2D eigenvalue weighted by Crippen LogP contribution is 1.96. The van der Waals surface area contributed by atoms with Gasteiger partial charge in [-0.1, -0.05) is 0 Å². The Labute approximate surface area is 88.6 Å². The summed E-state index contributed by atoms with van der Waals surface area (Å²) in [5, 5.41) is 2.77. The van der Waals surface area contributed by atoms with Crippen LogP contribution in [0.1, 0.15) is 10.4 Å². The molecule has 1 aromatic rings. The molecule has 0 aromatic carbocycles. The molecule has 1 atom stereocenters. The summed E-state index contributed by atoms with van der Waals surface area (Å²) in [5.41, 5.74) is 6.05. The maximum absolute atomic E-state index is 11.6. The van der Waals surface area contributed by atoms with Gasteiger partial charge in [0.25, 0.3) is 5.91 Å². The Morgan fingerprint density at radius 2 is 2.27 bits per heavy atom. The van der Waals surface area contributed by atoms with Crippen molar-refractivity contribution in [3.63, 3.8) is 0 Å². The Balaban J connectivity index is 2.55. The molecule has 5 nitrogen and oxygen atoms in total. The minimum atomic E-state index is -0.162. The highest BCUT2D eigenvalue weighted by Gasteiger charge is 2.11. The summed E-state index contributed by atoms with van der Waals surface area (Å²) >= 11 is 0. The van der Waals surface area contributed by atoms with Crippen LogP contribution in [0.2, 0.25) is 0 Å². The molecule has 0 aliphatic carbocycles. The second-order valence-corrected chi connectivity index (χ2v) is 3.10. The Hall–Kier alpha value is -1.46. The number of aromatic nitrogens is 1. The lowest BCUT2D eigenvalue weighted by Crippen LogP contribution is -2.43. The minimum absolute atomic E-state index is 0.157. The molecule has 0 saturated carbocycles. The van der Waals surface area contributed by atoms with Crippen LogP contribution >= 0.6 is 0 Å². The van der Waals surface area contributed by atoms with E-state index in [1.807, 2.05) is 0 Å². The average molecular weight is 209 g/mol. The molecular weight excluding hydrogens is 194 g/mol. The number of nitrogens with two attached hydrogens (primary N) is 1. The maximum Gasteiger partial charge on any atom is 0.251 e.